The first-order valence-corrected chi connectivity index (χ1v) is 16.1. The van der Waals surface area contributed by atoms with Crippen molar-refractivity contribution in [2.24, 2.45) is 30.7 Å². The van der Waals surface area contributed by atoms with Gasteiger partial charge >= 0.3 is 10.4 Å². The van der Waals surface area contributed by atoms with Crippen LogP contribution in [-0.4, -0.2) is 58.9 Å². The van der Waals surface area contributed by atoms with Gasteiger partial charge in [-0.1, -0.05) is 0 Å². The van der Waals surface area contributed by atoms with E-state index < -0.39 is 76.8 Å². The van der Waals surface area contributed by atoms with Gasteiger partial charge in [-0.15, -0.1) is 20.5 Å². The van der Waals surface area contributed by atoms with Crippen LogP contribution in [0.5, 0.6) is 17.2 Å². The zero-order chi connectivity index (χ0) is 35.9. The van der Waals surface area contributed by atoms with Crippen LogP contribution >= 0.6 is 0 Å². The Bertz CT molecular complexity index is 2230. The zero-order valence-electron chi connectivity index (χ0n) is 24.6. The zero-order valence-corrected chi connectivity index (χ0v) is 27.3. The molecule has 0 saturated carbocycles. The molecule has 4 aromatic rings. The minimum atomic E-state index is -4.84. The van der Waals surface area contributed by atoms with Gasteiger partial charge in [0.2, 0.25) is 0 Å². The Morgan fingerprint density at radius 3 is 1.64 bits per heavy atom. The van der Waals surface area contributed by atoms with Crippen molar-refractivity contribution in [1.29, 1.82) is 0 Å². The van der Waals surface area contributed by atoms with Crippen molar-refractivity contribution in [3.8, 4) is 17.2 Å². The maximum Gasteiger partial charge on any atom is 0.397 e. The summed E-state index contributed by atoms with van der Waals surface area (Å²) in [5.41, 5.74) is -2.16. The molecule has 4 N–H and O–H groups in total. The second-order valence-corrected chi connectivity index (χ2v) is 12.5. The first kappa shape index (κ1) is 38.7. The summed E-state index contributed by atoms with van der Waals surface area (Å²) in [5, 5.41) is 76.8. The molecule has 50 heavy (non-hydrogen) atoms. The Morgan fingerprint density at radius 2 is 1.12 bits per heavy atom. The van der Waals surface area contributed by atoms with Crippen LogP contribution in [0, 0.1) is 20.2 Å². The van der Waals surface area contributed by atoms with E-state index in [9.17, 15) is 52.4 Å². The Balaban J connectivity index is 0.00000676. The Labute approximate surface area is 291 Å². The van der Waals surface area contributed by atoms with Crippen molar-refractivity contribution >= 4 is 65.7 Å². The predicted molar refractivity (Wildman–Crippen MR) is 166 cm³/mol. The molecule has 0 aliphatic rings. The van der Waals surface area contributed by atoms with Gasteiger partial charge in [-0.25, -0.2) is 12.6 Å². The molecular weight excluding hydrogens is 752 g/mol. The van der Waals surface area contributed by atoms with Crippen LogP contribution in [0.3, 0.4) is 0 Å². The molecule has 4 rings (SSSR count). The topological polar surface area (TPSA) is 319 Å². The van der Waals surface area contributed by atoms with Crippen LogP contribution in [0.1, 0.15) is 0 Å². The van der Waals surface area contributed by atoms with Crippen molar-refractivity contribution in [3.63, 3.8) is 0 Å². The fourth-order valence-corrected chi connectivity index (χ4v) is 5.12. The standard InChI is InChI=1S/C26H20N8O13S2.Fe/c35-23-13-18(34(40)41)7-10-20(23)29-31-22-14-21(30-27-15-1-5-17(6-2-15)33(38)39)25(36)24(26(22)37)32-28-16-3-8-19(9-4-16)48(42,43)12-11-47-49(44,45)46;/h1-10,13-14,35-37H,11-12H2,(H,44,45,46);. The molecule has 0 atom stereocenters. The van der Waals surface area contributed by atoms with E-state index in [1.807, 2.05) is 0 Å². The van der Waals surface area contributed by atoms with E-state index in [2.05, 4.69) is 34.9 Å². The summed E-state index contributed by atoms with van der Waals surface area (Å²) in [7, 11) is -8.89. The number of phenolic OH excluding ortho intramolecular Hbond substituents is 3. The van der Waals surface area contributed by atoms with Crippen LogP contribution in [0.25, 0.3) is 0 Å². The summed E-state index contributed by atoms with van der Waals surface area (Å²) in [6.45, 7) is -0.845. The molecule has 0 heterocycles. The number of nitrogens with zero attached hydrogens (tertiary/aromatic N) is 8. The number of hydrogen-bond acceptors (Lipinski definition) is 18. The van der Waals surface area contributed by atoms with Crippen LogP contribution < -0.4 is 0 Å². The normalized spacial score (nSPS) is 12.0. The van der Waals surface area contributed by atoms with Crippen molar-refractivity contribution in [2.75, 3.05) is 12.4 Å². The van der Waals surface area contributed by atoms with Gasteiger partial charge in [0, 0.05) is 41.3 Å². The van der Waals surface area contributed by atoms with Gasteiger partial charge in [-0.3, -0.25) is 24.8 Å². The van der Waals surface area contributed by atoms with E-state index in [1.165, 1.54) is 24.3 Å². The summed E-state index contributed by atoms with van der Waals surface area (Å²) in [5.74, 6) is -2.99. The van der Waals surface area contributed by atoms with Crippen LogP contribution in [0.2, 0.25) is 0 Å². The monoisotopic (exact) mass is 772 g/mol. The van der Waals surface area contributed by atoms with Gasteiger partial charge in [0.25, 0.3) is 11.4 Å². The maximum absolute atomic E-state index is 12.4. The number of non-ortho nitro benzene ring substituents is 2. The van der Waals surface area contributed by atoms with Crippen molar-refractivity contribution in [2.45, 2.75) is 4.90 Å². The third kappa shape index (κ3) is 10.1. The predicted octanol–water partition coefficient (Wildman–Crippen LogP) is 6.46. The number of benzene rings is 4. The van der Waals surface area contributed by atoms with Crippen molar-refractivity contribution < 1.29 is 67.8 Å². The van der Waals surface area contributed by atoms with Gasteiger partial charge in [-0.2, -0.15) is 18.6 Å². The van der Waals surface area contributed by atoms with Crippen molar-refractivity contribution in [3.05, 3.63) is 93.0 Å². The van der Waals surface area contributed by atoms with Gasteiger partial charge in [0.1, 0.15) is 22.8 Å². The third-order valence-corrected chi connectivity index (χ3v) is 8.18. The molecule has 0 radical (unpaired) electrons. The second-order valence-electron chi connectivity index (χ2n) is 9.33. The second kappa shape index (κ2) is 16.1. The molecule has 0 bridgehead atoms. The third-order valence-electron chi connectivity index (χ3n) is 6.02. The Hall–Kier alpha value is -5.78. The summed E-state index contributed by atoms with van der Waals surface area (Å²) < 4.78 is 58.8. The average Bonchev–Trinajstić information content (AvgIpc) is 3.04. The molecule has 0 saturated heterocycles. The SMILES string of the molecule is O=[N+]([O-])c1ccc(N=Nc2cc(N=Nc3ccc([N+](=O)[O-])cc3O)c(O)c(N=Nc3ccc(S(=O)(=O)CCOS(=O)(=O)O)cc3)c2O)cc1.[Fe]. The summed E-state index contributed by atoms with van der Waals surface area (Å²) in [4.78, 5) is 20.2. The quantitative estimate of drug-likeness (QED) is 0.0373. The number of aromatic hydroxyl groups is 3. The number of rotatable bonds is 13. The molecule has 0 aliphatic heterocycles. The first-order valence-electron chi connectivity index (χ1n) is 13.0. The molecule has 4 aromatic carbocycles. The minimum Gasteiger partial charge on any atom is -0.505 e. The number of azo groups is 3. The van der Waals surface area contributed by atoms with E-state index in [0.29, 0.717) is 0 Å². The van der Waals surface area contributed by atoms with Crippen LogP contribution in [-0.2, 0) is 41.5 Å². The average molecular weight is 772 g/mol. The van der Waals surface area contributed by atoms with E-state index in [4.69, 9.17) is 4.55 Å². The number of hydrogen-bond donors (Lipinski definition) is 4. The molecule has 0 spiro atoms. The molecule has 24 heteroatoms. The van der Waals surface area contributed by atoms with E-state index >= 15 is 0 Å². The number of nitro benzene ring substituents is 2. The summed E-state index contributed by atoms with van der Waals surface area (Å²) in [6.07, 6.45) is 0. The van der Waals surface area contributed by atoms with E-state index in [0.717, 1.165) is 48.5 Å². The number of sulfone groups is 1. The fourth-order valence-electron chi connectivity index (χ4n) is 3.63. The van der Waals surface area contributed by atoms with Gasteiger partial charge in [0.05, 0.1) is 44.5 Å². The first-order chi connectivity index (χ1) is 23.0. The molecule has 0 aliphatic carbocycles. The van der Waals surface area contributed by atoms with Gasteiger partial charge in [0.15, 0.2) is 27.0 Å². The summed E-state index contributed by atoms with van der Waals surface area (Å²) in [6, 6.07) is 13.4. The van der Waals surface area contributed by atoms with Crippen molar-refractivity contribution in [1.82, 2.24) is 0 Å². The van der Waals surface area contributed by atoms with E-state index in [-0.39, 0.29) is 50.4 Å². The molecule has 262 valence electrons. The smallest absolute Gasteiger partial charge is 0.397 e. The molecule has 0 amide bonds. The van der Waals surface area contributed by atoms with Crippen LogP contribution in [0.15, 0.2) is 108 Å². The number of phenols is 3. The number of nitro groups is 2. The minimum absolute atomic E-state index is 0. The molecule has 0 aromatic heterocycles. The van der Waals surface area contributed by atoms with Gasteiger partial charge < -0.3 is 15.3 Å². The van der Waals surface area contributed by atoms with Gasteiger partial charge in [-0.05, 0) is 42.5 Å². The Kier molecular flexibility index (Phi) is 12.4. The molecule has 0 fully saturated rings. The molecule has 0 unspecified atom stereocenters. The summed E-state index contributed by atoms with van der Waals surface area (Å²) >= 11 is 0. The molecule has 21 nitrogen and oxygen atoms in total. The van der Waals surface area contributed by atoms with Crippen LogP contribution in [0.4, 0.5) is 45.5 Å². The van der Waals surface area contributed by atoms with E-state index in [1.54, 1.807) is 0 Å². The Morgan fingerprint density at radius 1 is 0.640 bits per heavy atom. The maximum atomic E-state index is 12.4. The molecular formula is C26H20FeN8O13S2. The largest absolute Gasteiger partial charge is 0.505 e. The fraction of sp³-hybridized carbons (Fsp3) is 0.0769.